The van der Waals surface area contributed by atoms with Crippen LogP contribution in [0.2, 0.25) is 0 Å². The van der Waals surface area contributed by atoms with Crippen molar-refractivity contribution in [3.05, 3.63) is 29.6 Å². The molecule has 1 aromatic carbocycles. The van der Waals surface area contributed by atoms with Gasteiger partial charge in [0.1, 0.15) is 0 Å². The number of ether oxygens (including phenoxy) is 2. The van der Waals surface area contributed by atoms with Crippen LogP contribution in [0.1, 0.15) is 18.5 Å². The van der Waals surface area contributed by atoms with Gasteiger partial charge in [0, 0.05) is 6.04 Å². The van der Waals surface area contributed by atoms with E-state index in [2.05, 4.69) is 4.74 Å². The van der Waals surface area contributed by atoms with E-state index in [0.717, 1.165) is 0 Å². The van der Waals surface area contributed by atoms with Crippen molar-refractivity contribution in [2.45, 2.75) is 13.0 Å². The Hall–Kier alpha value is -1.62. The molecule has 0 amide bonds. The predicted octanol–water partition coefficient (Wildman–Crippen LogP) is 1.40. The zero-order valence-electron chi connectivity index (χ0n) is 9.20. The highest BCUT2D eigenvalue weighted by molar-refractivity contribution is 5.70. The summed E-state index contributed by atoms with van der Waals surface area (Å²) in [6.45, 7) is 1.44. The second-order valence-corrected chi connectivity index (χ2v) is 3.34. The van der Waals surface area contributed by atoms with Crippen LogP contribution in [-0.4, -0.2) is 19.7 Å². The van der Waals surface area contributed by atoms with Crippen molar-refractivity contribution in [3.63, 3.8) is 0 Å². The molecule has 16 heavy (non-hydrogen) atoms. The van der Waals surface area contributed by atoms with Crippen LogP contribution in [0.4, 0.5) is 4.39 Å². The molecule has 0 unspecified atom stereocenters. The van der Waals surface area contributed by atoms with E-state index in [1.807, 2.05) is 0 Å². The molecule has 0 aliphatic carbocycles. The van der Waals surface area contributed by atoms with Crippen molar-refractivity contribution >= 4 is 5.97 Å². The van der Waals surface area contributed by atoms with Gasteiger partial charge in [0.15, 0.2) is 18.2 Å². The molecule has 4 nitrogen and oxygen atoms in total. The van der Waals surface area contributed by atoms with Crippen LogP contribution in [0.25, 0.3) is 0 Å². The first kappa shape index (κ1) is 12.4. The summed E-state index contributed by atoms with van der Waals surface area (Å²) in [6, 6.07) is 4.14. The summed E-state index contributed by atoms with van der Waals surface area (Å²) in [6.07, 6.45) is 0. The van der Waals surface area contributed by atoms with Crippen LogP contribution < -0.4 is 10.5 Å². The molecule has 0 aliphatic heterocycles. The zero-order chi connectivity index (χ0) is 12.1. The van der Waals surface area contributed by atoms with Crippen LogP contribution in [-0.2, 0) is 9.53 Å². The molecule has 0 saturated carbocycles. The minimum Gasteiger partial charge on any atom is -0.479 e. The average molecular weight is 227 g/mol. The lowest BCUT2D eigenvalue weighted by atomic mass is 10.1. The van der Waals surface area contributed by atoms with E-state index < -0.39 is 11.8 Å². The second-order valence-electron chi connectivity index (χ2n) is 3.34. The maximum Gasteiger partial charge on any atom is 0.343 e. The maximum absolute atomic E-state index is 13.4. The summed E-state index contributed by atoms with van der Waals surface area (Å²) in [5, 5.41) is 0. The second kappa shape index (κ2) is 5.46. The number of nitrogens with two attached hydrogens (primary N) is 1. The molecular formula is C11H14FNO3. The normalized spacial score (nSPS) is 12.0. The summed E-state index contributed by atoms with van der Waals surface area (Å²) in [5.74, 6) is -1.09. The Bertz CT molecular complexity index is 379. The highest BCUT2D eigenvalue weighted by Crippen LogP contribution is 2.20. The summed E-state index contributed by atoms with van der Waals surface area (Å²) in [5.41, 5.74) is 6.26. The van der Waals surface area contributed by atoms with Gasteiger partial charge >= 0.3 is 5.97 Å². The molecule has 0 heterocycles. The first-order chi connectivity index (χ1) is 7.54. The smallest absolute Gasteiger partial charge is 0.343 e. The highest BCUT2D eigenvalue weighted by Gasteiger charge is 2.09. The third-order valence-corrected chi connectivity index (χ3v) is 2.05. The van der Waals surface area contributed by atoms with Gasteiger partial charge in [0.2, 0.25) is 0 Å². The van der Waals surface area contributed by atoms with Crippen LogP contribution in [0.3, 0.4) is 0 Å². The average Bonchev–Trinajstić information content (AvgIpc) is 2.26. The standard InChI is InChI=1S/C11H14FNO3/c1-7(13)8-3-4-10(9(12)5-8)16-6-11(14)15-2/h3-5,7H,6,13H2,1-2H3/t7-/m0/s1. The summed E-state index contributed by atoms with van der Waals surface area (Å²) < 4.78 is 22.7. The van der Waals surface area contributed by atoms with Crippen molar-refractivity contribution in [1.29, 1.82) is 0 Å². The van der Waals surface area contributed by atoms with Gasteiger partial charge in [-0.2, -0.15) is 0 Å². The van der Waals surface area contributed by atoms with E-state index in [-0.39, 0.29) is 18.4 Å². The molecule has 0 saturated heterocycles. The molecule has 1 rings (SSSR count). The summed E-state index contributed by atoms with van der Waals surface area (Å²) >= 11 is 0. The molecule has 0 aromatic heterocycles. The van der Waals surface area contributed by atoms with E-state index >= 15 is 0 Å². The first-order valence-electron chi connectivity index (χ1n) is 4.79. The van der Waals surface area contributed by atoms with Crippen molar-refractivity contribution in [2.24, 2.45) is 5.73 Å². The molecule has 1 atom stereocenters. The number of carbonyl (C=O) groups is 1. The largest absolute Gasteiger partial charge is 0.479 e. The molecule has 0 spiro atoms. The Labute approximate surface area is 93.2 Å². The molecule has 88 valence electrons. The Morgan fingerprint density at radius 2 is 2.25 bits per heavy atom. The molecule has 1 aromatic rings. The van der Waals surface area contributed by atoms with E-state index in [9.17, 15) is 9.18 Å². The summed E-state index contributed by atoms with van der Waals surface area (Å²) in [4.78, 5) is 10.8. The molecule has 5 heteroatoms. The van der Waals surface area contributed by atoms with Gasteiger partial charge < -0.3 is 15.2 Å². The van der Waals surface area contributed by atoms with Gasteiger partial charge in [-0.05, 0) is 24.6 Å². The van der Waals surface area contributed by atoms with Gasteiger partial charge in [-0.25, -0.2) is 9.18 Å². The molecule has 0 bridgehead atoms. The topological polar surface area (TPSA) is 61.5 Å². The van der Waals surface area contributed by atoms with Gasteiger partial charge in [0.25, 0.3) is 0 Å². The fourth-order valence-electron chi connectivity index (χ4n) is 1.11. The number of carbonyl (C=O) groups excluding carboxylic acids is 1. The number of hydrogen-bond acceptors (Lipinski definition) is 4. The monoisotopic (exact) mass is 227 g/mol. The minimum absolute atomic E-state index is 0.00907. The number of rotatable bonds is 4. The first-order valence-corrected chi connectivity index (χ1v) is 4.79. The predicted molar refractivity (Wildman–Crippen MR) is 56.5 cm³/mol. The van der Waals surface area contributed by atoms with Gasteiger partial charge in [-0.1, -0.05) is 6.07 Å². The van der Waals surface area contributed by atoms with E-state index in [0.29, 0.717) is 5.56 Å². The lowest BCUT2D eigenvalue weighted by Gasteiger charge is -2.09. The fraction of sp³-hybridized carbons (Fsp3) is 0.364. The molecule has 0 radical (unpaired) electrons. The third-order valence-electron chi connectivity index (χ3n) is 2.05. The quantitative estimate of drug-likeness (QED) is 0.790. The van der Waals surface area contributed by atoms with E-state index in [1.165, 1.54) is 19.2 Å². The zero-order valence-corrected chi connectivity index (χ0v) is 9.20. The Morgan fingerprint density at radius 3 is 2.75 bits per heavy atom. The number of esters is 1. The molecule has 0 aliphatic rings. The van der Waals surface area contributed by atoms with Crippen molar-refractivity contribution in [2.75, 3.05) is 13.7 Å². The molecule has 0 fully saturated rings. The lowest BCUT2D eigenvalue weighted by Crippen LogP contribution is -2.13. The Balaban J connectivity index is 2.72. The molecule has 2 N–H and O–H groups in total. The van der Waals surface area contributed by atoms with Crippen LogP contribution >= 0.6 is 0 Å². The van der Waals surface area contributed by atoms with E-state index in [1.54, 1.807) is 13.0 Å². The molecular weight excluding hydrogens is 213 g/mol. The SMILES string of the molecule is COC(=O)COc1ccc([C@H](C)N)cc1F. The minimum atomic E-state index is -0.560. The maximum atomic E-state index is 13.4. The van der Waals surface area contributed by atoms with Crippen molar-refractivity contribution < 1.29 is 18.7 Å². The van der Waals surface area contributed by atoms with Gasteiger partial charge in [-0.3, -0.25) is 0 Å². The number of hydrogen-bond donors (Lipinski definition) is 1. The summed E-state index contributed by atoms with van der Waals surface area (Å²) in [7, 11) is 1.24. The number of methoxy groups -OCH3 is 1. The van der Waals surface area contributed by atoms with Crippen molar-refractivity contribution in [3.8, 4) is 5.75 Å². The Morgan fingerprint density at radius 1 is 1.56 bits per heavy atom. The van der Waals surface area contributed by atoms with Gasteiger partial charge in [0.05, 0.1) is 7.11 Å². The number of halogens is 1. The fourth-order valence-corrected chi connectivity index (χ4v) is 1.11. The third kappa shape index (κ3) is 3.20. The number of benzene rings is 1. The van der Waals surface area contributed by atoms with E-state index in [4.69, 9.17) is 10.5 Å². The van der Waals surface area contributed by atoms with Gasteiger partial charge in [-0.15, -0.1) is 0 Å². The van der Waals surface area contributed by atoms with Crippen LogP contribution in [0, 0.1) is 5.82 Å². The van der Waals surface area contributed by atoms with Crippen LogP contribution in [0.15, 0.2) is 18.2 Å². The lowest BCUT2D eigenvalue weighted by molar-refractivity contribution is -0.142. The van der Waals surface area contributed by atoms with Crippen molar-refractivity contribution in [1.82, 2.24) is 0 Å². The Kier molecular flexibility index (Phi) is 4.25. The highest BCUT2D eigenvalue weighted by atomic mass is 19.1. The van der Waals surface area contributed by atoms with Crippen LogP contribution in [0.5, 0.6) is 5.75 Å².